The monoisotopic (exact) mass is 791 g/mol. The minimum atomic E-state index is 0.161. The highest BCUT2D eigenvalue weighted by Crippen LogP contribution is 2.94. The van der Waals surface area contributed by atoms with Crippen molar-refractivity contribution in [2.75, 3.05) is 4.90 Å². The molecule has 294 valence electrons. The number of anilines is 3. The van der Waals surface area contributed by atoms with Crippen LogP contribution in [0.2, 0.25) is 0 Å². The summed E-state index contributed by atoms with van der Waals surface area (Å²) in [6.07, 6.45) is 4.30. The van der Waals surface area contributed by atoms with E-state index in [0.717, 1.165) is 35.0 Å². The summed E-state index contributed by atoms with van der Waals surface area (Å²) in [4.78, 5) is 2.53. The molecule has 0 heterocycles. The highest BCUT2D eigenvalue weighted by Gasteiger charge is 2.90. The molecule has 4 unspecified atom stereocenters. The van der Waals surface area contributed by atoms with Gasteiger partial charge in [-0.3, -0.25) is 0 Å². The van der Waals surface area contributed by atoms with E-state index in [0.29, 0.717) is 5.41 Å². The SMILES string of the molecule is c1ccc(-c2ccc(N(c3ccccc3-c3ccc4c(c3)C3(c5ccccc5-4)C4CC5CC6CC3C564)c3ccccc3-c3cccc4cccc(-c5ccccc5)c34)cc2)cc1. The van der Waals surface area contributed by atoms with Gasteiger partial charge in [0.05, 0.1) is 11.4 Å². The second-order valence-corrected chi connectivity index (χ2v) is 18.7. The molecule has 0 aromatic heterocycles. The van der Waals surface area contributed by atoms with Gasteiger partial charge in [-0.1, -0.05) is 182 Å². The van der Waals surface area contributed by atoms with Crippen molar-refractivity contribution in [2.24, 2.45) is 29.1 Å². The first-order valence-corrected chi connectivity index (χ1v) is 22.7. The van der Waals surface area contributed by atoms with Crippen LogP contribution in [0, 0.1) is 29.1 Å². The topological polar surface area (TPSA) is 3.24 Å². The summed E-state index contributed by atoms with van der Waals surface area (Å²) in [5.74, 6) is 3.54. The number of rotatable bonds is 7. The van der Waals surface area contributed by atoms with Gasteiger partial charge in [-0.2, -0.15) is 0 Å². The molecule has 1 heteroatoms. The molecule has 4 atom stereocenters. The Bertz CT molecular complexity index is 3220. The van der Waals surface area contributed by atoms with Gasteiger partial charge in [0.2, 0.25) is 0 Å². The third-order valence-electron chi connectivity index (χ3n) is 16.6. The molecule has 0 N–H and O–H groups in total. The smallest absolute Gasteiger partial charge is 0.0540 e. The lowest BCUT2D eigenvalue weighted by Gasteiger charge is -2.92. The van der Waals surface area contributed by atoms with Crippen molar-refractivity contribution in [3.8, 4) is 55.6 Å². The predicted molar refractivity (Wildman–Crippen MR) is 257 cm³/mol. The average molecular weight is 792 g/mol. The third-order valence-corrected chi connectivity index (χ3v) is 16.6. The summed E-state index contributed by atoms with van der Waals surface area (Å²) in [7, 11) is 0. The average Bonchev–Trinajstić information content (AvgIpc) is 3.61. The summed E-state index contributed by atoms with van der Waals surface area (Å²) < 4.78 is 0. The molecule has 0 radical (unpaired) electrons. The number of hydrogen-bond acceptors (Lipinski definition) is 1. The van der Waals surface area contributed by atoms with Crippen molar-refractivity contribution in [2.45, 2.75) is 24.7 Å². The highest BCUT2D eigenvalue weighted by atomic mass is 15.1. The Morgan fingerprint density at radius 3 is 1.60 bits per heavy atom. The first-order chi connectivity index (χ1) is 30.7. The number of fused-ring (bicyclic) bond motifs is 8. The van der Waals surface area contributed by atoms with Crippen molar-refractivity contribution < 1.29 is 0 Å². The fourth-order valence-electron chi connectivity index (χ4n) is 14.2. The molecule has 0 bridgehead atoms. The van der Waals surface area contributed by atoms with E-state index in [1.807, 2.05) is 0 Å². The quantitative estimate of drug-likeness (QED) is 0.155. The van der Waals surface area contributed by atoms with Crippen LogP contribution in [-0.2, 0) is 5.41 Å². The van der Waals surface area contributed by atoms with Crippen molar-refractivity contribution in [3.63, 3.8) is 0 Å². The standard InChI is InChI=1S/C61H45N/c1-3-15-39(16-4-1)40-29-32-46(33-30-40)62(56-28-12-9-23-51(56)52-25-14-20-42-19-13-24-48(59(42)52)41-17-5-2-6-18-41)55-27-11-8-21-47(55)43-31-34-50-49-22-7-10-26-53(49)61(54(50)35-43)57-37-44-36-45-38-58(61)60(44,45)57/h1-35,44-45,57-58H,36-38H2. The van der Waals surface area contributed by atoms with Gasteiger partial charge >= 0.3 is 0 Å². The van der Waals surface area contributed by atoms with Gasteiger partial charge < -0.3 is 4.90 Å². The van der Waals surface area contributed by atoms with Gasteiger partial charge in [-0.25, -0.2) is 0 Å². The fourth-order valence-corrected chi connectivity index (χ4v) is 14.2. The summed E-state index contributed by atoms with van der Waals surface area (Å²) in [5, 5.41) is 2.51. The second kappa shape index (κ2) is 12.8. The number of benzene rings is 9. The highest BCUT2D eigenvalue weighted by molar-refractivity contribution is 6.09. The van der Waals surface area contributed by atoms with Crippen molar-refractivity contribution in [1.82, 2.24) is 0 Å². The molecule has 4 fully saturated rings. The van der Waals surface area contributed by atoms with Crippen LogP contribution in [0.1, 0.15) is 30.4 Å². The van der Waals surface area contributed by atoms with E-state index in [1.165, 1.54) is 91.4 Å². The van der Waals surface area contributed by atoms with Crippen LogP contribution in [0.15, 0.2) is 212 Å². The van der Waals surface area contributed by atoms with Gasteiger partial charge in [-0.15, -0.1) is 0 Å². The van der Waals surface area contributed by atoms with E-state index in [1.54, 1.807) is 11.1 Å². The van der Waals surface area contributed by atoms with Gasteiger partial charge in [0.15, 0.2) is 0 Å². The summed E-state index contributed by atoms with van der Waals surface area (Å²) in [6.45, 7) is 0. The maximum atomic E-state index is 2.64. The molecule has 9 aromatic rings. The van der Waals surface area contributed by atoms with Crippen LogP contribution in [0.5, 0.6) is 0 Å². The molecular weight excluding hydrogens is 747 g/mol. The minimum Gasteiger partial charge on any atom is -0.309 e. The van der Waals surface area contributed by atoms with E-state index in [4.69, 9.17) is 0 Å². The first-order valence-electron chi connectivity index (χ1n) is 22.7. The van der Waals surface area contributed by atoms with Gasteiger partial charge in [0.1, 0.15) is 0 Å². The van der Waals surface area contributed by atoms with E-state index >= 15 is 0 Å². The Balaban J connectivity index is 0.971. The molecular formula is C61H45N. The van der Waals surface area contributed by atoms with Crippen LogP contribution >= 0.6 is 0 Å². The third kappa shape index (κ3) is 4.38. The van der Waals surface area contributed by atoms with Gasteiger partial charge in [0.25, 0.3) is 0 Å². The Hall–Kier alpha value is -6.96. The molecule has 0 aliphatic heterocycles. The molecule has 62 heavy (non-hydrogen) atoms. The molecule has 14 rings (SSSR count). The summed E-state index contributed by atoms with van der Waals surface area (Å²) in [6, 6.07) is 79.5. The van der Waals surface area contributed by atoms with E-state index in [-0.39, 0.29) is 5.41 Å². The lowest BCUT2D eigenvalue weighted by atomic mass is 9.11. The lowest BCUT2D eigenvalue weighted by Crippen LogP contribution is -2.88. The van der Waals surface area contributed by atoms with Crippen molar-refractivity contribution >= 4 is 27.8 Å². The summed E-state index contributed by atoms with van der Waals surface area (Å²) in [5.41, 5.74) is 20.3. The predicted octanol–water partition coefficient (Wildman–Crippen LogP) is 15.9. The van der Waals surface area contributed by atoms with Crippen LogP contribution in [0.25, 0.3) is 66.4 Å². The Kier molecular flexibility index (Phi) is 7.16. The van der Waals surface area contributed by atoms with Gasteiger partial charge in [0, 0.05) is 22.2 Å². The minimum absolute atomic E-state index is 0.161. The maximum absolute atomic E-state index is 2.64. The molecule has 0 amide bonds. The Morgan fingerprint density at radius 1 is 0.355 bits per heavy atom. The van der Waals surface area contributed by atoms with Crippen molar-refractivity contribution in [3.05, 3.63) is 223 Å². The van der Waals surface area contributed by atoms with Gasteiger partial charge in [-0.05, 0) is 145 Å². The molecule has 2 spiro atoms. The lowest BCUT2D eigenvalue weighted by molar-refractivity contribution is -0.412. The first kappa shape index (κ1) is 34.7. The van der Waals surface area contributed by atoms with E-state index in [2.05, 4.69) is 217 Å². The number of hydrogen-bond donors (Lipinski definition) is 0. The number of para-hydroxylation sites is 2. The molecule has 0 saturated heterocycles. The van der Waals surface area contributed by atoms with Crippen LogP contribution < -0.4 is 4.90 Å². The van der Waals surface area contributed by atoms with Crippen LogP contribution in [0.4, 0.5) is 17.1 Å². The molecule has 4 saturated carbocycles. The zero-order valence-corrected chi connectivity index (χ0v) is 34.6. The van der Waals surface area contributed by atoms with Crippen LogP contribution in [0.3, 0.4) is 0 Å². The largest absolute Gasteiger partial charge is 0.309 e. The number of nitrogens with zero attached hydrogens (tertiary/aromatic N) is 1. The zero-order valence-electron chi connectivity index (χ0n) is 34.6. The van der Waals surface area contributed by atoms with E-state index in [9.17, 15) is 0 Å². The second-order valence-electron chi connectivity index (χ2n) is 18.7. The fraction of sp³-hybridized carbons (Fsp3) is 0.148. The molecule has 5 aliphatic carbocycles. The van der Waals surface area contributed by atoms with Crippen molar-refractivity contribution in [1.29, 1.82) is 0 Å². The Morgan fingerprint density at radius 2 is 0.887 bits per heavy atom. The molecule has 5 aliphatic rings. The molecule has 1 nitrogen and oxygen atoms in total. The Labute approximate surface area is 364 Å². The summed E-state index contributed by atoms with van der Waals surface area (Å²) >= 11 is 0. The van der Waals surface area contributed by atoms with E-state index < -0.39 is 0 Å². The zero-order chi connectivity index (χ0) is 40.6. The molecule has 9 aromatic carbocycles. The van der Waals surface area contributed by atoms with Crippen LogP contribution in [-0.4, -0.2) is 0 Å². The maximum Gasteiger partial charge on any atom is 0.0540 e. The normalized spacial score (nSPS) is 24.1.